The topological polar surface area (TPSA) is 26.3 Å². The first-order valence-electron chi connectivity index (χ1n) is 5.32. The van der Waals surface area contributed by atoms with Crippen LogP contribution in [0, 0.1) is 5.92 Å². The monoisotopic (exact) mass is 282 g/mol. The Labute approximate surface area is 106 Å². The van der Waals surface area contributed by atoms with Crippen LogP contribution >= 0.6 is 0 Å². The molecule has 19 heavy (non-hydrogen) atoms. The largest absolute Gasteiger partial charge is 0.435 e. The van der Waals surface area contributed by atoms with Crippen molar-refractivity contribution < 1.29 is 31.5 Å². The number of rotatable bonds is 4. The van der Waals surface area contributed by atoms with E-state index in [1.165, 1.54) is 13.8 Å². The minimum absolute atomic E-state index is 0.305. The van der Waals surface area contributed by atoms with Gasteiger partial charge in [0, 0.05) is 11.5 Å². The van der Waals surface area contributed by atoms with Gasteiger partial charge in [-0.15, -0.1) is 0 Å². The lowest BCUT2D eigenvalue weighted by atomic mass is 9.99. The first-order chi connectivity index (χ1) is 8.61. The standard InChI is InChI=1S/C12H11F5O2/c1-6(2)10(18)7-3-8(12(15,16)17)5-9(4-7)19-11(13)14/h3-6,11H,1-2H3. The van der Waals surface area contributed by atoms with Crippen LogP contribution in [0.5, 0.6) is 5.75 Å². The lowest BCUT2D eigenvalue weighted by Gasteiger charge is -2.13. The van der Waals surface area contributed by atoms with E-state index in [4.69, 9.17) is 0 Å². The molecule has 0 amide bonds. The summed E-state index contributed by atoms with van der Waals surface area (Å²) in [5.41, 5.74) is -1.50. The van der Waals surface area contributed by atoms with E-state index in [2.05, 4.69) is 4.74 Å². The Morgan fingerprint density at radius 3 is 2.16 bits per heavy atom. The van der Waals surface area contributed by atoms with Gasteiger partial charge in [-0.25, -0.2) is 0 Å². The number of carbonyl (C=O) groups is 1. The van der Waals surface area contributed by atoms with Gasteiger partial charge in [0.05, 0.1) is 5.56 Å². The first kappa shape index (κ1) is 15.4. The van der Waals surface area contributed by atoms with E-state index in [1.54, 1.807) is 0 Å². The fourth-order valence-corrected chi connectivity index (χ4v) is 1.41. The van der Waals surface area contributed by atoms with Gasteiger partial charge in [-0.2, -0.15) is 22.0 Å². The van der Waals surface area contributed by atoms with E-state index in [-0.39, 0.29) is 5.56 Å². The average molecular weight is 282 g/mol. The van der Waals surface area contributed by atoms with Gasteiger partial charge in [0.15, 0.2) is 5.78 Å². The minimum Gasteiger partial charge on any atom is -0.435 e. The SMILES string of the molecule is CC(C)C(=O)c1cc(OC(F)F)cc(C(F)(F)F)c1. The van der Waals surface area contributed by atoms with E-state index in [0.29, 0.717) is 12.1 Å². The van der Waals surface area contributed by atoms with E-state index >= 15 is 0 Å². The number of benzene rings is 1. The maximum absolute atomic E-state index is 12.6. The molecule has 0 saturated carbocycles. The van der Waals surface area contributed by atoms with Crippen LogP contribution in [-0.4, -0.2) is 12.4 Å². The maximum Gasteiger partial charge on any atom is 0.416 e. The van der Waals surface area contributed by atoms with Gasteiger partial charge in [0.1, 0.15) is 5.75 Å². The normalized spacial score (nSPS) is 12.1. The van der Waals surface area contributed by atoms with Gasteiger partial charge in [-0.1, -0.05) is 13.8 Å². The molecular weight excluding hydrogens is 271 g/mol. The van der Waals surface area contributed by atoms with Crippen LogP contribution in [0.4, 0.5) is 22.0 Å². The highest BCUT2D eigenvalue weighted by Gasteiger charge is 2.32. The van der Waals surface area contributed by atoms with E-state index in [9.17, 15) is 26.7 Å². The summed E-state index contributed by atoms with van der Waals surface area (Å²) in [6, 6.07) is 1.94. The molecule has 7 heteroatoms. The summed E-state index contributed by atoms with van der Waals surface area (Å²) in [5, 5.41) is 0. The maximum atomic E-state index is 12.6. The lowest BCUT2D eigenvalue weighted by molar-refractivity contribution is -0.138. The van der Waals surface area contributed by atoms with Crippen molar-refractivity contribution in [2.45, 2.75) is 26.6 Å². The van der Waals surface area contributed by atoms with E-state index in [1.807, 2.05) is 0 Å². The second-order valence-corrected chi connectivity index (χ2v) is 4.14. The number of hydrogen-bond acceptors (Lipinski definition) is 2. The number of ketones is 1. The van der Waals surface area contributed by atoms with Crippen molar-refractivity contribution in [2.24, 2.45) is 5.92 Å². The fourth-order valence-electron chi connectivity index (χ4n) is 1.41. The van der Waals surface area contributed by atoms with Gasteiger partial charge in [-0.3, -0.25) is 4.79 Å². The zero-order valence-corrected chi connectivity index (χ0v) is 10.1. The molecule has 0 saturated heterocycles. The Kier molecular flexibility index (Phi) is 4.49. The van der Waals surface area contributed by atoms with Crippen LogP contribution < -0.4 is 4.74 Å². The van der Waals surface area contributed by atoms with Crippen LogP contribution in [0.25, 0.3) is 0 Å². The molecular formula is C12H11F5O2. The summed E-state index contributed by atoms with van der Waals surface area (Å²) in [7, 11) is 0. The molecule has 0 aliphatic carbocycles. The smallest absolute Gasteiger partial charge is 0.416 e. The van der Waals surface area contributed by atoms with Crippen molar-refractivity contribution >= 4 is 5.78 Å². The van der Waals surface area contributed by atoms with Crippen LogP contribution in [0.2, 0.25) is 0 Å². The van der Waals surface area contributed by atoms with Crippen molar-refractivity contribution in [1.82, 2.24) is 0 Å². The first-order valence-corrected chi connectivity index (χ1v) is 5.32. The molecule has 0 heterocycles. The highest BCUT2D eigenvalue weighted by atomic mass is 19.4. The van der Waals surface area contributed by atoms with Crippen molar-refractivity contribution in [3.8, 4) is 5.75 Å². The molecule has 1 rings (SSSR count). The Balaban J connectivity index is 3.28. The Morgan fingerprint density at radius 1 is 1.16 bits per heavy atom. The molecule has 0 aliphatic rings. The molecule has 1 aromatic carbocycles. The van der Waals surface area contributed by atoms with Gasteiger partial charge in [0.2, 0.25) is 0 Å². The molecule has 0 radical (unpaired) electrons. The summed E-state index contributed by atoms with van der Waals surface area (Å²) < 4.78 is 65.8. The predicted molar refractivity (Wildman–Crippen MR) is 57.2 cm³/mol. The van der Waals surface area contributed by atoms with Gasteiger partial charge in [0.25, 0.3) is 0 Å². The predicted octanol–water partition coefficient (Wildman–Crippen LogP) is 4.15. The van der Waals surface area contributed by atoms with Crippen LogP contribution in [0.1, 0.15) is 29.8 Å². The van der Waals surface area contributed by atoms with Crippen molar-refractivity contribution in [3.63, 3.8) is 0 Å². The van der Waals surface area contributed by atoms with Crippen LogP contribution in [0.15, 0.2) is 18.2 Å². The molecule has 0 spiro atoms. The third-order valence-corrected chi connectivity index (χ3v) is 2.27. The molecule has 0 aliphatic heterocycles. The molecule has 2 nitrogen and oxygen atoms in total. The second-order valence-electron chi connectivity index (χ2n) is 4.14. The summed E-state index contributed by atoms with van der Waals surface area (Å²) in [4.78, 5) is 11.7. The number of carbonyl (C=O) groups excluding carboxylic acids is 1. The molecule has 106 valence electrons. The summed E-state index contributed by atoms with van der Waals surface area (Å²) in [5.74, 6) is -1.82. The number of ether oxygens (including phenoxy) is 1. The molecule has 0 aromatic heterocycles. The Hall–Kier alpha value is -1.66. The number of alkyl halides is 5. The third-order valence-electron chi connectivity index (χ3n) is 2.27. The molecule has 0 bridgehead atoms. The molecule has 0 N–H and O–H groups in total. The van der Waals surface area contributed by atoms with Gasteiger partial charge >= 0.3 is 12.8 Å². The molecule has 0 unspecified atom stereocenters. The van der Waals surface area contributed by atoms with Crippen molar-refractivity contribution in [2.75, 3.05) is 0 Å². The van der Waals surface area contributed by atoms with Crippen LogP contribution in [-0.2, 0) is 6.18 Å². The second kappa shape index (κ2) is 5.54. The zero-order valence-electron chi connectivity index (χ0n) is 10.1. The Morgan fingerprint density at radius 2 is 1.74 bits per heavy atom. The van der Waals surface area contributed by atoms with Crippen molar-refractivity contribution in [3.05, 3.63) is 29.3 Å². The molecule has 0 atom stereocenters. The number of hydrogen-bond donors (Lipinski definition) is 0. The van der Waals surface area contributed by atoms with E-state index < -0.39 is 35.8 Å². The average Bonchev–Trinajstić information content (AvgIpc) is 2.25. The van der Waals surface area contributed by atoms with Gasteiger partial charge in [-0.05, 0) is 18.2 Å². The Bertz CT molecular complexity index is 466. The third kappa shape index (κ3) is 4.18. The minimum atomic E-state index is -4.74. The lowest BCUT2D eigenvalue weighted by Crippen LogP contribution is -2.13. The van der Waals surface area contributed by atoms with Crippen LogP contribution in [0.3, 0.4) is 0 Å². The highest BCUT2D eigenvalue weighted by molar-refractivity contribution is 5.98. The van der Waals surface area contributed by atoms with Gasteiger partial charge < -0.3 is 4.74 Å². The zero-order chi connectivity index (χ0) is 14.8. The number of halogens is 5. The summed E-state index contributed by atoms with van der Waals surface area (Å²) in [6.07, 6.45) is -4.74. The summed E-state index contributed by atoms with van der Waals surface area (Å²) >= 11 is 0. The number of Topliss-reactive ketones (excluding diaryl/α,β-unsaturated/α-hetero) is 1. The van der Waals surface area contributed by atoms with E-state index in [0.717, 1.165) is 6.07 Å². The quantitative estimate of drug-likeness (QED) is 0.612. The highest BCUT2D eigenvalue weighted by Crippen LogP contribution is 2.33. The fraction of sp³-hybridized carbons (Fsp3) is 0.417. The molecule has 1 aromatic rings. The van der Waals surface area contributed by atoms with Crippen molar-refractivity contribution in [1.29, 1.82) is 0 Å². The summed E-state index contributed by atoms with van der Waals surface area (Å²) in [6.45, 7) is -0.266. The molecule has 0 fully saturated rings.